The molecule has 1 N–H and O–H groups in total. The van der Waals surface area contributed by atoms with E-state index in [4.69, 9.17) is 4.74 Å². The van der Waals surface area contributed by atoms with Crippen LogP contribution in [-0.4, -0.2) is 12.1 Å². The summed E-state index contributed by atoms with van der Waals surface area (Å²) in [5.74, 6) is -0.615. The molecule has 1 aliphatic rings. The molecule has 0 fully saturated rings. The largest absolute Gasteiger partial charge is 0.479 e. The van der Waals surface area contributed by atoms with Crippen molar-refractivity contribution >= 4 is 5.91 Å². The van der Waals surface area contributed by atoms with Crippen LogP contribution < -0.4 is 5.32 Å². The Labute approximate surface area is 106 Å². The molecule has 0 spiro atoms. The van der Waals surface area contributed by atoms with Crippen LogP contribution in [0.15, 0.2) is 36.6 Å². The van der Waals surface area contributed by atoms with E-state index in [0.717, 1.165) is 0 Å². The molecule has 96 valence electrons. The summed E-state index contributed by atoms with van der Waals surface area (Å²) in [4.78, 5) is 11.9. The normalized spacial score (nSPS) is 21.2. The molecule has 1 atom stereocenters. The minimum absolute atomic E-state index is 0.000999. The number of nitrogens with one attached hydrogen (secondary N) is 1. The maximum absolute atomic E-state index is 12.7. The van der Waals surface area contributed by atoms with E-state index in [0.29, 0.717) is 12.0 Å². The predicted octanol–water partition coefficient (Wildman–Crippen LogP) is 2.84. The Bertz CT molecular complexity index is 465. The van der Waals surface area contributed by atoms with Gasteiger partial charge in [-0.05, 0) is 35.8 Å². The molecule has 1 aromatic carbocycles. The first kappa shape index (κ1) is 12.6. The monoisotopic (exact) mass is 249 g/mol. The van der Waals surface area contributed by atoms with Crippen molar-refractivity contribution in [1.82, 2.24) is 5.32 Å². The Balaban J connectivity index is 2.00. The van der Waals surface area contributed by atoms with Crippen LogP contribution in [0, 0.1) is 11.2 Å². The Morgan fingerprint density at radius 1 is 1.39 bits per heavy atom. The zero-order valence-corrected chi connectivity index (χ0v) is 10.4. The van der Waals surface area contributed by atoms with E-state index < -0.39 is 0 Å². The molecule has 0 bridgehead atoms. The SMILES string of the molecule is CC1(C)C=COC(NC(=O)c2ccc(F)cc2)C1. The van der Waals surface area contributed by atoms with Crippen molar-refractivity contribution in [2.45, 2.75) is 26.5 Å². The van der Waals surface area contributed by atoms with Gasteiger partial charge in [-0.25, -0.2) is 4.39 Å². The number of hydrogen-bond acceptors (Lipinski definition) is 2. The second kappa shape index (κ2) is 4.80. The topological polar surface area (TPSA) is 38.3 Å². The summed E-state index contributed by atoms with van der Waals surface area (Å²) in [6, 6.07) is 5.43. The second-order valence-electron chi connectivity index (χ2n) is 5.10. The van der Waals surface area contributed by atoms with Gasteiger partial charge in [-0.2, -0.15) is 0 Å². The standard InChI is InChI=1S/C14H16FNO2/c1-14(2)7-8-18-12(9-14)16-13(17)10-3-5-11(15)6-4-10/h3-8,12H,9H2,1-2H3,(H,16,17). The van der Waals surface area contributed by atoms with Crippen molar-refractivity contribution < 1.29 is 13.9 Å². The van der Waals surface area contributed by atoms with Crippen molar-refractivity contribution in [2.75, 3.05) is 0 Å². The van der Waals surface area contributed by atoms with Crippen LogP contribution in [0.25, 0.3) is 0 Å². The summed E-state index contributed by atoms with van der Waals surface area (Å²) in [7, 11) is 0. The van der Waals surface area contributed by atoms with E-state index >= 15 is 0 Å². The highest BCUT2D eigenvalue weighted by Gasteiger charge is 2.26. The summed E-state index contributed by atoms with van der Waals surface area (Å²) < 4.78 is 18.1. The number of carbonyl (C=O) groups is 1. The van der Waals surface area contributed by atoms with Crippen LogP contribution in [-0.2, 0) is 4.74 Å². The van der Waals surface area contributed by atoms with Gasteiger partial charge in [0.05, 0.1) is 6.26 Å². The van der Waals surface area contributed by atoms with Crippen molar-refractivity contribution in [3.8, 4) is 0 Å². The number of amides is 1. The summed E-state index contributed by atoms with van der Waals surface area (Å²) in [5.41, 5.74) is 0.422. The van der Waals surface area contributed by atoms with E-state index in [2.05, 4.69) is 19.2 Å². The molecule has 18 heavy (non-hydrogen) atoms. The van der Waals surface area contributed by atoms with Crippen LogP contribution in [0.5, 0.6) is 0 Å². The fourth-order valence-electron chi connectivity index (χ4n) is 1.83. The van der Waals surface area contributed by atoms with E-state index in [1.165, 1.54) is 24.3 Å². The maximum Gasteiger partial charge on any atom is 0.254 e. The van der Waals surface area contributed by atoms with Crippen LogP contribution in [0.4, 0.5) is 4.39 Å². The van der Waals surface area contributed by atoms with Crippen LogP contribution in [0.3, 0.4) is 0 Å². The highest BCUT2D eigenvalue weighted by molar-refractivity contribution is 5.94. The summed E-state index contributed by atoms with van der Waals surface area (Å²) in [5, 5.41) is 2.78. The number of benzene rings is 1. The number of hydrogen-bond donors (Lipinski definition) is 1. The zero-order chi connectivity index (χ0) is 13.2. The van der Waals surface area contributed by atoms with Crippen molar-refractivity contribution in [3.63, 3.8) is 0 Å². The van der Waals surface area contributed by atoms with Gasteiger partial charge in [0, 0.05) is 12.0 Å². The first-order chi connectivity index (χ1) is 8.46. The molecule has 4 heteroatoms. The van der Waals surface area contributed by atoms with Gasteiger partial charge < -0.3 is 10.1 Å². The lowest BCUT2D eigenvalue weighted by Gasteiger charge is -2.31. The van der Waals surface area contributed by atoms with Gasteiger partial charge in [-0.3, -0.25) is 4.79 Å². The van der Waals surface area contributed by atoms with Crippen LogP contribution in [0.1, 0.15) is 30.6 Å². The lowest BCUT2D eigenvalue weighted by Crippen LogP contribution is -2.40. The Morgan fingerprint density at radius 3 is 2.67 bits per heavy atom. The average Bonchev–Trinajstić information content (AvgIpc) is 2.28. The molecule has 0 aliphatic carbocycles. The molecule has 0 saturated heterocycles. The maximum atomic E-state index is 12.7. The predicted molar refractivity (Wildman–Crippen MR) is 66.3 cm³/mol. The molecule has 0 radical (unpaired) electrons. The average molecular weight is 249 g/mol. The number of rotatable bonds is 2. The van der Waals surface area contributed by atoms with Gasteiger partial charge in [0.15, 0.2) is 6.23 Å². The molecule has 2 rings (SSSR count). The Morgan fingerprint density at radius 2 is 2.06 bits per heavy atom. The quantitative estimate of drug-likeness (QED) is 0.875. The first-order valence-electron chi connectivity index (χ1n) is 5.86. The fraction of sp³-hybridized carbons (Fsp3) is 0.357. The molecule has 1 aliphatic heterocycles. The third-order valence-corrected chi connectivity index (χ3v) is 2.87. The fourth-order valence-corrected chi connectivity index (χ4v) is 1.83. The van der Waals surface area contributed by atoms with Gasteiger partial charge in [0.25, 0.3) is 5.91 Å². The molecular weight excluding hydrogens is 233 g/mol. The molecule has 1 unspecified atom stereocenters. The lowest BCUT2D eigenvalue weighted by atomic mass is 9.87. The number of carbonyl (C=O) groups excluding carboxylic acids is 1. The second-order valence-corrected chi connectivity index (χ2v) is 5.10. The van der Waals surface area contributed by atoms with E-state index in [1.807, 2.05) is 6.08 Å². The minimum Gasteiger partial charge on any atom is -0.479 e. The Hall–Kier alpha value is -1.84. The van der Waals surface area contributed by atoms with E-state index in [1.54, 1.807) is 6.26 Å². The minimum atomic E-state index is -0.357. The van der Waals surface area contributed by atoms with E-state index in [-0.39, 0.29) is 23.4 Å². The van der Waals surface area contributed by atoms with Gasteiger partial charge >= 0.3 is 0 Å². The van der Waals surface area contributed by atoms with E-state index in [9.17, 15) is 9.18 Å². The van der Waals surface area contributed by atoms with Gasteiger partial charge in [-0.15, -0.1) is 0 Å². The summed E-state index contributed by atoms with van der Waals surface area (Å²) in [6.45, 7) is 4.14. The number of allylic oxidation sites excluding steroid dienone is 1. The summed E-state index contributed by atoms with van der Waals surface area (Å²) in [6.07, 6.45) is 3.94. The molecule has 1 heterocycles. The Kier molecular flexibility index (Phi) is 3.36. The third kappa shape index (κ3) is 3.09. The third-order valence-electron chi connectivity index (χ3n) is 2.87. The molecule has 0 saturated carbocycles. The summed E-state index contributed by atoms with van der Waals surface area (Å²) >= 11 is 0. The molecule has 1 aromatic rings. The zero-order valence-electron chi connectivity index (χ0n) is 10.4. The van der Waals surface area contributed by atoms with Crippen LogP contribution in [0.2, 0.25) is 0 Å². The smallest absolute Gasteiger partial charge is 0.254 e. The van der Waals surface area contributed by atoms with Gasteiger partial charge in [-0.1, -0.05) is 13.8 Å². The molecule has 0 aromatic heterocycles. The lowest BCUT2D eigenvalue weighted by molar-refractivity contribution is 0.0482. The highest BCUT2D eigenvalue weighted by atomic mass is 19.1. The van der Waals surface area contributed by atoms with Gasteiger partial charge in [0.1, 0.15) is 5.82 Å². The highest BCUT2D eigenvalue weighted by Crippen LogP contribution is 2.28. The van der Waals surface area contributed by atoms with Crippen molar-refractivity contribution in [2.24, 2.45) is 5.41 Å². The van der Waals surface area contributed by atoms with Gasteiger partial charge in [0.2, 0.25) is 0 Å². The molecule has 1 amide bonds. The molecule has 3 nitrogen and oxygen atoms in total. The van der Waals surface area contributed by atoms with Crippen molar-refractivity contribution in [1.29, 1.82) is 0 Å². The number of halogens is 1. The van der Waals surface area contributed by atoms with Crippen LogP contribution >= 0.6 is 0 Å². The first-order valence-corrected chi connectivity index (χ1v) is 5.86. The molecular formula is C14H16FNO2. The number of ether oxygens (including phenoxy) is 1. The van der Waals surface area contributed by atoms with Crippen molar-refractivity contribution in [3.05, 3.63) is 48.0 Å².